The fourth-order valence-corrected chi connectivity index (χ4v) is 4.96. The van der Waals surface area contributed by atoms with E-state index in [0.29, 0.717) is 43.2 Å². The van der Waals surface area contributed by atoms with Crippen molar-refractivity contribution in [1.29, 1.82) is 0 Å². The third-order valence-corrected chi connectivity index (χ3v) is 6.94. The van der Waals surface area contributed by atoms with E-state index in [9.17, 15) is 25.0 Å². The lowest BCUT2D eigenvalue weighted by atomic mass is 10.1. The molecule has 3 aromatic rings. The van der Waals surface area contributed by atoms with Crippen molar-refractivity contribution in [2.45, 2.75) is 19.3 Å². The summed E-state index contributed by atoms with van der Waals surface area (Å²) >= 11 is 0. The van der Waals surface area contributed by atoms with Crippen molar-refractivity contribution in [1.82, 2.24) is 4.90 Å². The van der Waals surface area contributed by atoms with Crippen molar-refractivity contribution in [2.75, 3.05) is 49.1 Å². The molecule has 2 saturated heterocycles. The topological polar surface area (TPSA) is 126 Å². The maximum absolute atomic E-state index is 13.1. The molecule has 2 aliphatic heterocycles. The molecule has 2 fully saturated rings. The molecule has 11 heteroatoms. The van der Waals surface area contributed by atoms with Crippen LogP contribution < -0.4 is 9.80 Å². The molecular weight excluding hydrogens is 478 g/mol. The standard InChI is InChI=1S/C26H27N5O6/c32-26(25-10-9-24(37-25)19-5-4-6-21(17-19)30(33)34)29-15-13-27(14-16-29)20-7-8-22(31(35)36)23(18-20)28-11-2-1-3-12-28/h4-10,17-18H,1-3,11-16H2. The first-order chi connectivity index (χ1) is 17.9. The van der Waals surface area contributed by atoms with Crippen molar-refractivity contribution >= 4 is 28.7 Å². The Balaban J connectivity index is 1.26. The van der Waals surface area contributed by atoms with Gasteiger partial charge in [-0.05, 0) is 43.5 Å². The van der Waals surface area contributed by atoms with Gasteiger partial charge in [0, 0.05) is 68.7 Å². The Kier molecular flexibility index (Phi) is 6.76. The number of nitrogens with zero attached hydrogens (tertiary/aromatic N) is 5. The number of piperazine rings is 1. The Morgan fingerprint density at radius 1 is 0.784 bits per heavy atom. The number of benzene rings is 2. The summed E-state index contributed by atoms with van der Waals surface area (Å²) in [6.45, 7) is 3.74. The summed E-state index contributed by atoms with van der Waals surface area (Å²) in [5.41, 5.74) is 2.17. The van der Waals surface area contributed by atoms with Gasteiger partial charge in [-0.3, -0.25) is 25.0 Å². The Labute approximate surface area is 213 Å². The number of hydrogen-bond acceptors (Lipinski definition) is 8. The van der Waals surface area contributed by atoms with Crippen molar-refractivity contribution in [3.05, 3.63) is 80.6 Å². The van der Waals surface area contributed by atoms with Crippen LogP contribution in [0.2, 0.25) is 0 Å². The Morgan fingerprint density at radius 2 is 1.54 bits per heavy atom. The zero-order valence-electron chi connectivity index (χ0n) is 20.2. The van der Waals surface area contributed by atoms with E-state index in [0.717, 1.165) is 38.0 Å². The number of non-ortho nitro benzene ring substituents is 1. The van der Waals surface area contributed by atoms with E-state index >= 15 is 0 Å². The van der Waals surface area contributed by atoms with Gasteiger partial charge in [-0.15, -0.1) is 0 Å². The Hall–Kier alpha value is -4.41. The predicted octanol–water partition coefficient (Wildman–Crippen LogP) is 4.72. The van der Waals surface area contributed by atoms with Crippen LogP contribution in [0.25, 0.3) is 11.3 Å². The summed E-state index contributed by atoms with van der Waals surface area (Å²) in [4.78, 5) is 40.9. The third kappa shape index (κ3) is 5.11. The highest BCUT2D eigenvalue weighted by Crippen LogP contribution is 2.35. The lowest BCUT2D eigenvalue weighted by Crippen LogP contribution is -2.48. The van der Waals surface area contributed by atoms with Crippen molar-refractivity contribution < 1.29 is 19.1 Å². The van der Waals surface area contributed by atoms with Gasteiger partial charge in [0.2, 0.25) is 0 Å². The molecular formula is C26H27N5O6. The van der Waals surface area contributed by atoms with E-state index < -0.39 is 4.92 Å². The minimum Gasteiger partial charge on any atom is -0.451 e. The van der Waals surface area contributed by atoms with E-state index in [1.807, 2.05) is 6.07 Å². The molecule has 3 heterocycles. The van der Waals surface area contributed by atoms with Gasteiger partial charge in [0.15, 0.2) is 5.76 Å². The summed E-state index contributed by atoms with van der Waals surface area (Å²) in [7, 11) is 0. The highest BCUT2D eigenvalue weighted by atomic mass is 16.6. The van der Waals surface area contributed by atoms with E-state index in [1.165, 1.54) is 12.1 Å². The highest BCUT2D eigenvalue weighted by Gasteiger charge is 2.27. The molecule has 5 rings (SSSR count). The van der Waals surface area contributed by atoms with Crippen LogP contribution in [-0.2, 0) is 0 Å². The number of furan rings is 1. The lowest BCUT2D eigenvalue weighted by molar-refractivity contribution is -0.384. The first kappa shape index (κ1) is 24.3. The van der Waals surface area contributed by atoms with Crippen molar-refractivity contribution in [2.24, 2.45) is 0 Å². The predicted molar refractivity (Wildman–Crippen MR) is 138 cm³/mol. The average Bonchev–Trinajstić information content (AvgIpc) is 3.43. The maximum atomic E-state index is 13.1. The molecule has 0 N–H and O–H groups in total. The van der Waals surface area contributed by atoms with Crippen LogP contribution in [0.3, 0.4) is 0 Å². The van der Waals surface area contributed by atoms with E-state index in [1.54, 1.807) is 41.3 Å². The van der Waals surface area contributed by atoms with Crippen molar-refractivity contribution in [3.8, 4) is 11.3 Å². The van der Waals surface area contributed by atoms with Gasteiger partial charge in [0.1, 0.15) is 11.4 Å². The van der Waals surface area contributed by atoms with Gasteiger partial charge in [-0.2, -0.15) is 0 Å². The summed E-state index contributed by atoms with van der Waals surface area (Å²) in [5, 5.41) is 22.7. The number of rotatable bonds is 6. The van der Waals surface area contributed by atoms with Crippen LogP contribution in [0.5, 0.6) is 0 Å². The van der Waals surface area contributed by atoms with Gasteiger partial charge in [0.25, 0.3) is 17.3 Å². The molecule has 1 amide bonds. The molecule has 0 radical (unpaired) electrons. The Bertz CT molecular complexity index is 1320. The largest absolute Gasteiger partial charge is 0.451 e. The first-order valence-electron chi connectivity index (χ1n) is 12.3. The second-order valence-corrected chi connectivity index (χ2v) is 9.23. The second kappa shape index (κ2) is 10.3. The van der Waals surface area contributed by atoms with Crippen LogP contribution in [-0.4, -0.2) is 59.9 Å². The minimum absolute atomic E-state index is 0.0485. The number of piperidine rings is 1. The Morgan fingerprint density at radius 3 is 2.24 bits per heavy atom. The molecule has 2 aromatic carbocycles. The van der Waals surface area contributed by atoms with Gasteiger partial charge < -0.3 is 19.1 Å². The van der Waals surface area contributed by atoms with Gasteiger partial charge in [-0.1, -0.05) is 12.1 Å². The van der Waals surface area contributed by atoms with Crippen LogP contribution in [0.1, 0.15) is 29.8 Å². The summed E-state index contributed by atoms with van der Waals surface area (Å²) < 4.78 is 5.75. The molecule has 0 atom stereocenters. The van der Waals surface area contributed by atoms with Crippen LogP contribution in [0.15, 0.2) is 59.0 Å². The number of amides is 1. The monoisotopic (exact) mass is 505 g/mol. The number of nitro benzene ring substituents is 2. The smallest absolute Gasteiger partial charge is 0.292 e. The van der Waals surface area contributed by atoms with Crippen LogP contribution in [0, 0.1) is 20.2 Å². The summed E-state index contributed by atoms with van der Waals surface area (Å²) in [6.07, 6.45) is 3.19. The second-order valence-electron chi connectivity index (χ2n) is 9.23. The van der Waals surface area contributed by atoms with E-state index in [2.05, 4.69) is 9.80 Å². The van der Waals surface area contributed by atoms with Crippen LogP contribution in [0.4, 0.5) is 22.7 Å². The van der Waals surface area contributed by atoms with E-state index in [-0.39, 0.29) is 28.0 Å². The summed E-state index contributed by atoms with van der Waals surface area (Å²) in [6, 6.07) is 14.6. The minimum atomic E-state index is -0.474. The molecule has 37 heavy (non-hydrogen) atoms. The zero-order valence-corrected chi connectivity index (χ0v) is 20.2. The number of carbonyl (C=O) groups excluding carboxylic acids is 1. The molecule has 1 aromatic heterocycles. The molecule has 2 aliphatic rings. The quantitative estimate of drug-likeness (QED) is 0.348. The van der Waals surface area contributed by atoms with Crippen molar-refractivity contribution in [3.63, 3.8) is 0 Å². The fraction of sp³-hybridized carbons (Fsp3) is 0.346. The molecule has 0 spiro atoms. The molecule has 0 saturated carbocycles. The maximum Gasteiger partial charge on any atom is 0.292 e. The van der Waals surface area contributed by atoms with E-state index in [4.69, 9.17) is 4.42 Å². The van der Waals surface area contributed by atoms with Gasteiger partial charge in [0.05, 0.1) is 9.85 Å². The summed E-state index contributed by atoms with van der Waals surface area (Å²) in [5.74, 6) is 0.327. The number of carbonyl (C=O) groups is 1. The number of nitro groups is 2. The highest BCUT2D eigenvalue weighted by molar-refractivity contribution is 5.92. The zero-order chi connectivity index (χ0) is 25.9. The fourth-order valence-electron chi connectivity index (χ4n) is 4.96. The molecule has 11 nitrogen and oxygen atoms in total. The molecule has 0 bridgehead atoms. The lowest BCUT2D eigenvalue weighted by Gasteiger charge is -2.36. The molecule has 0 unspecified atom stereocenters. The molecule has 0 aliphatic carbocycles. The average molecular weight is 506 g/mol. The first-order valence-corrected chi connectivity index (χ1v) is 12.3. The number of anilines is 2. The normalized spacial score (nSPS) is 16.1. The third-order valence-electron chi connectivity index (χ3n) is 6.94. The van der Waals surface area contributed by atoms with Crippen LogP contribution >= 0.6 is 0 Å². The molecule has 192 valence electrons. The van der Waals surface area contributed by atoms with Gasteiger partial charge >= 0.3 is 0 Å². The number of hydrogen-bond donors (Lipinski definition) is 0. The SMILES string of the molecule is O=C(c1ccc(-c2cccc([N+](=O)[O-])c2)o1)N1CCN(c2ccc([N+](=O)[O-])c(N3CCCCC3)c2)CC1. The van der Waals surface area contributed by atoms with Gasteiger partial charge in [-0.25, -0.2) is 0 Å².